The minimum atomic E-state index is -0.545. The summed E-state index contributed by atoms with van der Waals surface area (Å²) in [4.78, 5) is 11.4. The highest BCUT2D eigenvalue weighted by Crippen LogP contribution is 2.17. The molecule has 0 aliphatic carbocycles. The van der Waals surface area contributed by atoms with Gasteiger partial charge in [-0.2, -0.15) is 0 Å². The molecule has 0 fully saturated rings. The summed E-state index contributed by atoms with van der Waals surface area (Å²) in [5, 5.41) is 9.69. The van der Waals surface area contributed by atoms with E-state index in [-0.39, 0.29) is 18.5 Å². The molecule has 0 spiro atoms. The molecule has 0 aliphatic heterocycles. The second-order valence-corrected chi connectivity index (χ2v) is 5.18. The molecule has 2 atom stereocenters. The number of aliphatic hydroxyl groups is 1. The van der Waals surface area contributed by atoms with Crippen LogP contribution in [-0.2, 0) is 9.53 Å². The highest BCUT2D eigenvalue weighted by Gasteiger charge is 2.24. The molecule has 0 aromatic carbocycles. The summed E-state index contributed by atoms with van der Waals surface area (Å²) in [6, 6.07) is 0. The zero-order valence-electron chi connectivity index (χ0n) is 10.5. The predicted octanol–water partition coefficient (Wildman–Crippen LogP) is 2.37. The van der Waals surface area contributed by atoms with Crippen LogP contribution < -0.4 is 0 Å². The number of rotatable bonds is 5. The van der Waals surface area contributed by atoms with Crippen LogP contribution in [0.5, 0.6) is 0 Å². The maximum atomic E-state index is 11.4. The Morgan fingerprint density at radius 2 is 1.93 bits per heavy atom. The minimum Gasteiger partial charge on any atom is -0.463 e. The van der Waals surface area contributed by atoms with Gasteiger partial charge in [0, 0.05) is 0 Å². The monoisotopic (exact) mass is 216 g/mol. The highest BCUT2D eigenvalue weighted by molar-refractivity contribution is 5.75. The van der Waals surface area contributed by atoms with E-state index in [0.29, 0.717) is 0 Å². The molecular formula is C12H24O3. The Labute approximate surface area is 92.8 Å². The van der Waals surface area contributed by atoms with Gasteiger partial charge in [-0.1, -0.05) is 20.3 Å². The van der Waals surface area contributed by atoms with Crippen molar-refractivity contribution in [2.45, 2.75) is 53.6 Å². The van der Waals surface area contributed by atoms with Crippen LogP contribution in [-0.4, -0.2) is 23.8 Å². The maximum Gasteiger partial charge on any atom is 0.311 e. The van der Waals surface area contributed by atoms with E-state index in [1.54, 1.807) is 20.8 Å². The van der Waals surface area contributed by atoms with Gasteiger partial charge in [0.05, 0.1) is 11.5 Å². The topological polar surface area (TPSA) is 46.5 Å². The lowest BCUT2D eigenvalue weighted by molar-refractivity contribution is -0.156. The van der Waals surface area contributed by atoms with E-state index >= 15 is 0 Å². The number of aliphatic hydroxyl groups excluding tert-OH is 1. The molecule has 0 bridgehead atoms. The van der Waals surface area contributed by atoms with E-state index in [1.807, 2.05) is 6.92 Å². The molecule has 0 rings (SSSR count). The van der Waals surface area contributed by atoms with Gasteiger partial charge in [0.1, 0.15) is 6.61 Å². The molecule has 15 heavy (non-hydrogen) atoms. The fourth-order valence-corrected chi connectivity index (χ4v) is 1.19. The van der Waals surface area contributed by atoms with Crippen molar-refractivity contribution < 1.29 is 14.6 Å². The molecule has 0 aliphatic rings. The van der Waals surface area contributed by atoms with Gasteiger partial charge in [-0.15, -0.1) is 0 Å². The zero-order chi connectivity index (χ0) is 12.1. The molecular weight excluding hydrogens is 192 g/mol. The molecule has 0 amide bonds. The highest BCUT2D eigenvalue weighted by atomic mass is 16.5. The normalized spacial score (nSPS) is 15.9. The fourth-order valence-electron chi connectivity index (χ4n) is 1.19. The zero-order valence-corrected chi connectivity index (χ0v) is 10.5. The molecule has 90 valence electrons. The number of esters is 1. The third-order valence-corrected chi connectivity index (χ3v) is 2.40. The average Bonchev–Trinajstić information content (AvgIpc) is 2.12. The van der Waals surface area contributed by atoms with Crippen molar-refractivity contribution in [3.63, 3.8) is 0 Å². The lowest BCUT2D eigenvalue weighted by Gasteiger charge is -2.21. The van der Waals surface area contributed by atoms with Crippen LogP contribution in [0.1, 0.15) is 47.5 Å². The van der Waals surface area contributed by atoms with Crippen molar-refractivity contribution in [3.8, 4) is 0 Å². The Kier molecular flexibility index (Phi) is 5.88. The molecule has 0 unspecified atom stereocenters. The van der Waals surface area contributed by atoms with Crippen LogP contribution in [0.15, 0.2) is 0 Å². The quantitative estimate of drug-likeness (QED) is 0.718. The number of ether oxygens (including phenoxy) is 1. The van der Waals surface area contributed by atoms with Gasteiger partial charge >= 0.3 is 5.97 Å². The Bertz CT molecular complexity index is 194. The largest absolute Gasteiger partial charge is 0.463 e. The maximum absolute atomic E-state index is 11.4. The Morgan fingerprint density at radius 1 is 1.40 bits per heavy atom. The van der Waals surface area contributed by atoms with Gasteiger partial charge in [-0.3, -0.25) is 4.79 Å². The molecule has 0 aromatic rings. The smallest absolute Gasteiger partial charge is 0.311 e. The van der Waals surface area contributed by atoms with Crippen molar-refractivity contribution in [2.75, 3.05) is 6.61 Å². The summed E-state index contributed by atoms with van der Waals surface area (Å²) in [6.45, 7) is 9.56. The van der Waals surface area contributed by atoms with Crippen LogP contribution in [0.25, 0.3) is 0 Å². The molecule has 0 aromatic heterocycles. The van der Waals surface area contributed by atoms with Crippen molar-refractivity contribution in [1.82, 2.24) is 0 Å². The first-order valence-corrected chi connectivity index (χ1v) is 5.64. The number of carbonyl (C=O) groups excluding carboxylic acids is 1. The van der Waals surface area contributed by atoms with E-state index in [0.717, 1.165) is 12.8 Å². The van der Waals surface area contributed by atoms with Gasteiger partial charge in [0.2, 0.25) is 0 Å². The molecule has 0 saturated heterocycles. The van der Waals surface area contributed by atoms with E-state index in [9.17, 15) is 9.90 Å². The molecule has 0 heterocycles. The Morgan fingerprint density at radius 3 is 2.33 bits per heavy atom. The SMILES string of the molecule is CCC[C@H](C)[C@H](O)COC(=O)C(C)(C)C. The van der Waals surface area contributed by atoms with Gasteiger partial charge < -0.3 is 9.84 Å². The standard InChI is InChI=1S/C12H24O3/c1-6-7-9(2)10(13)8-15-11(14)12(3,4)5/h9-10,13H,6-8H2,1-5H3/t9-,10+/m0/s1. The van der Waals surface area contributed by atoms with E-state index in [1.165, 1.54) is 0 Å². The van der Waals surface area contributed by atoms with E-state index < -0.39 is 11.5 Å². The minimum absolute atomic E-state index is 0.108. The van der Waals surface area contributed by atoms with Crippen LogP contribution in [0.4, 0.5) is 0 Å². The summed E-state index contributed by atoms with van der Waals surface area (Å²) >= 11 is 0. The second kappa shape index (κ2) is 6.11. The fraction of sp³-hybridized carbons (Fsp3) is 0.917. The molecule has 0 radical (unpaired) electrons. The van der Waals surface area contributed by atoms with Crippen molar-refractivity contribution >= 4 is 5.97 Å². The van der Waals surface area contributed by atoms with Crippen LogP contribution in [0.3, 0.4) is 0 Å². The number of hydrogen-bond acceptors (Lipinski definition) is 3. The summed E-state index contributed by atoms with van der Waals surface area (Å²) in [5.41, 5.74) is -0.492. The van der Waals surface area contributed by atoms with Crippen molar-refractivity contribution in [1.29, 1.82) is 0 Å². The summed E-state index contributed by atoms with van der Waals surface area (Å²) in [6.07, 6.45) is 1.44. The van der Waals surface area contributed by atoms with Gasteiger partial charge in [0.25, 0.3) is 0 Å². The lowest BCUT2D eigenvalue weighted by atomic mass is 9.97. The lowest BCUT2D eigenvalue weighted by Crippen LogP contribution is -2.30. The summed E-state index contributed by atoms with van der Waals surface area (Å²) < 4.78 is 5.05. The van der Waals surface area contributed by atoms with E-state index in [2.05, 4.69) is 6.92 Å². The van der Waals surface area contributed by atoms with Gasteiger partial charge in [-0.25, -0.2) is 0 Å². The summed E-state index contributed by atoms with van der Waals surface area (Å²) in [7, 11) is 0. The molecule has 0 saturated carbocycles. The molecule has 1 N–H and O–H groups in total. The first-order valence-electron chi connectivity index (χ1n) is 5.64. The Hall–Kier alpha value is -0.570. The molecule has 3 nitrogen and oxygen atoms in total. The Balaban J connectivity index is 3.90. The first kappa shape index (κ1) is 14.4. The van der Waals surface area contributed by atoms with Gasteiger partial charge in [0.15, 0.2) is 0 Å². The first-order chi connectivity index (χ1) is 6.79. The third-order valence-electron chi connectivity index (χ3n) is 2.40. The third kappa shape index (κ3) is 5.78. The second-order valence-electron chi connectivity index (χ2n) is 5.18. The van der Waals surface area contributed by atoms with E-state index in [4.69, 9.17) is 4.74 Å². The van der Waals surface area contributed by atoms with Crippen LogP contribution in [0.2, 0.25) is 0 Å². The van der Waals surface area contributed by atoms with Gasteiger partial charge in [-0.05, 0) is 33.1 Å². The summed E-state index contributed by atoms with van der Waals surface area (Å²) in [5.74, 6) is -0.0759. The number of carbonyl (C=O) groups is 1. The van der Waals surface area contributed by atoms with Crippen LogP contribution in [0, 0.1) is 11.3 Å². The average molecular weight is 216 g/mol. The molecule has 3 heteroatoms. The predicted molar refractivity (Wildman–Crippen MR) is 60.5 cm³/mol. The van der Waals surface area contributed by atoms with Crippen LogP contribution >= 0.6 is 0 Å². The number of hydrogen-bond donors (Lipinski definition) is 1. The van der Waals surface area contributed by atoms with Crippen molar-refractivity contribution in [3.05, 3.63) is 0 Å². The van der Waals surface area contributed by atoms with Crippen molar-refractivity contribution in [2.24, 2.45) is 11.3 Å².